The fourth-order valence-corrected chi connectivity index (χ4v) is 3.02. The van der Waals surface area contributed by atoms with Gasteiger partial charge in [-0.2, -0.15) is 0 Å². The Morgan fingerprint density at radius 2 is 1.90 bits per heavy atom. The second kappa shape index (κ2) is 5.76. The molecule has 1 aliphatic carbocycles. The van der Waals surface area contributed by atoms with E-state index in [1.807, 2.05) is 30.3 Å². The van der Waals surface area contributed by atoms with Gasteiger partial charge in [-0.05, 0) is 36.7 Å². The van der Waals surface area contributed by atoms with E-state index in [-0.39, 0.29) is 6.61 Å². The van der Waals surface area contributed by atoms with Crippen LogP contribution in [0.3, 0.4) is 0 Å². The van der Waals surface area contributed by atoms with Crippen molar-refractivity contribution in [1.29, 1.82) is 0 Å². The summed E-state index contributed by atoms with van der Waals surface area (Å²) in [7, 11) is 0. The van der Waals surface area contributed by atoms with Gasteiger partial charge in [0.2, 0.25) is 0 Å². The molecule has 1 heterocycles. The van der Waals surface area contributed by atoms with Gasteiger partial charge in [-0.3, -0.25) is 4.90 Å². The minimum atomic E-state index is -0.935. The topological polar surface area (TPSA) is 66.8 Å². The second-order valence-electron chi connectivity index (χ2n) is 5.88. The maximum absolute atomic E-state index is 12.2. The van der Waals surface area contributed by atoms with E-state index in [0.29, 0.717) is 24.8 Å². The van der Waals surface area contributed by atoms with E-state index in [4.69, 9.17) is 4.74 Å². The van der Waals surface area contributed by atoms with Gasteiger partial charge < -0.3 is 9.84 Å². The van der Waals surface area contributed by atoms with Crippen LogP contribution in [0.25, 0.3) is 0 Å². The molecule has 5 nitrogen and oxygen atoms in total. The highest BCUT2D eigenvalue weighted by molar-refractivity contribution is 5.80. The third kappa shape index (κ3) is 3.17. The largest absolute Gasteiger partial charge is 0.480 e. The van der Waals surface area contributed by atoms with Gasteiger partial charge in [-0.1, -0.05) is 30.3 Å². The summed E-state index contributed by atoms with van der Waals surface area (Å²) >= 11 is 0. The smallest absolute Gasteiger partial charge is 0.410 e. The molecule has 1 aromatic rings. The third-order valence-electron chi connectivity index (χ3n) is 4.35. The summed E-state index contributed by atoms with van der Waals surface area (Å²) in [5.74, 6) is -0.0241. The fraction of sp³-hybridized carbons (Fsp3) is 0.500. The van der Waals surface area contributed by atoms with Gasteiger partial charge in [0.25, 0.3) is 0 Å². The van der Waals surface area contributed by atoms with Crippen LogP contribution in [-0.4, -0.2) is 34.7 Å². The molecule has 112 valence electrons. The Morgan fingerprint density at radius 1 is 1.19 bits per heavy atom. The van der Waals surface area contributed by atoms with Gasteiger partial charge in [0.15, 0.2) is 0 Å². The molecule has 1 N–H and O–H groups in total. The van der Waals surface area contributed by atoms with E-state index in [0.717, 1.165) is 18.4 Å². The van der Waals surface area contributed by atoms with Crippen LogP contribution in [-0.2, 0) is 16.1 Å². The first-order valence-electron chi connectivity index (χ1n) is 7.35. The monoisotopic (exact) mass is 289 g/mol. The Morgan fingerprint density at radius 3 is 2.52 bits per heavy atom. The Balaban J connectivity index is 1.60. The third-order valence-corrected chi connectivity index (χ3v) is 4.35. The molecule has 2 aliphatic rings. The van der Waals surface area contributed by atoms with Crippen molar-refractivity contribution in [1.82, 2.24) is 4.90 Å². The number of rotatable bonds is 4. The maximum Gasteiger partial charge on any atom is 0.410 e. The van der Waals surface area contributed by atoms with Crippen LogP contribution in [0.1, 0.15) is 24.8 Å². The number of carbonyl (C=O) groups is 2. The summed E-state index contributed by atoms with van der Waals surface area (Å²) in [6, 6.07) is 8.66. The van der Waals surface area contributed by atoms with Crippen molar-refractivity contribution < 1.29 is 19.4 Å². The van der Waals surface area contributed by atoms with Crippen LogP contribution in [0.15, 0.2) is 30.3 Å². The number of aliphatic carboxylic acids is 1. The molecular formula is C16H19NO4. The number of benzene rings is 1. The van der Waals surface area contributed by atoms with Gasteiger partial charge in [0.05, 0.1) is 0 Å². The summed E-state index contributed by atoms with van der Waals surface area (Å²) in [5.41, 5.74) is 0.899. The molecule has 3 rings (SSSR count). The lowest BCUT2D eigenvalue weighted by molar-refractivity contribution is -0.141. The summed E-state index contributed by atoms with van der Waals surface area (Å²) in [5, 5.41) is 9.29. The van der Waals surface area contributed by atoms with Crippen molar-refractivity contribution in [3.05, 3.63) is 35.9 Å². The lowest BCUT2D eigenvalue weighted by Crippen LogP contribution is -2.40. The number of likely N-dealkylation sites (tertiary alicyclic amines) is 1. The Labute approximate surface area is 123 Å². The molecule has 1 aliphatic heterocycles. The van der Waals surface area contributed by atoms with E-state index < -0.39 is 18.1 Å². The molecule has 2 atom stereocenters. The molecule has 0 bridgehead atoms. The molecule has 1 saturated heterocycles. The average molecular weight is 289 g/mol. The van der Waals surface area contributed by atoms with Crippen molar-refractivity contribution in [2.24, 2.45) is 11.8 Å². The normalized spacial score (nSPS) is 24.9. The predicted molar refractivity (Wildman–Crippen MR) is 75.6 cm³/mol. The van der Waals surface area contributed by atoms with Crippen LogP contribution in [0.2, 0.25) is 0 Å². The molecule has 1 saturated carbocycles. The van der Waals surface area contributed by atoms with Crippen LogP contribution in [0, 0.1) is 11.8 Å². The molecule has 2 unspecified atom stereocenters. The van der Waals surface area contributed by atoms with Crippen molar-refractivity contribution in [2.45, 2.75) is 31.9 Å². The van der Waals surface area contributed by atoms with Crippen LogP contribution >= 0.6 is 0 Å². The van der Waals surface area contributed by atoms with Crippen molar-refractivity contribution in [3.8, 4) is 0 Å². The van der Waals surface area contributed by atoms with Gasteiger partial charge in [-0.25, -0.2) is 9.59 Å². The molecule has 1 amide bonds. The molecule has 5 heteroatoms. The van der Waals surface area contributed by atoms with Crippen LogP contribution in [0.5, 0.6) is 0 Å². The highest BCUT2D eigenvalue weighted by Crippen LogP contribution is 2.43. The Hall–Kier alpha value is -2.04. The number of ether oxygens (including phenoxy) is 1. The fourth-order valence-electron chi connectivity index (χ4n) is 3.02. The zero-order valence-corrected chi connectivity index (χ0v) is 11.8. The lowest BCUT2D eigenvalue weighted by Gasteiger charge is -2.20. The van der Waals surface area contributed by atoms with Crippen LogP contribution < -0.4 is 0 Å². The number of carboxylic acid groups (broad SMARTS) is 1. The molecule has 0 radical (unpaired) electrons. The lowest BCUT2D eigenvalue weighted by atomic mass is 10.0. The minimum Gasteiger partial charge on any atom is -0.480 e. The van der Waals surface area contributed by atoms with Crippen molar-refractivity contribution >= 4 is 12.1 Å². The van der Waals surface area contributed by atoms with Gasteiger partial charge in [-0.15, -0.1) is 0 Å². The number of carboxylic acids is 1. The number of hydrogen-bond acceptors (Lipinski definition) is 3. The quantitative estimate of drug-likeness (QED) is 0.924. The number of amides is 1. The van der Waals surface area contributed by atoms with Gasteiger partial charge in [0.1, 0.15) is 12.6 Å². The predicted octanol–water partition coefficient (Wildman–Crippen LogP) is 2.51. The summed E-state index contributed by atoms with van der Waals surface area (Å²) in [6.45, 7) is 0.686. The first kappa shape index (κ1) is 13.9. The Bertz CT molecular complexity index is 526. The van der Waals surface area contributed by atoms with E-state index >= 15 is 0 Å². The molecule has 0 spiro atoms. The van der Waals surface area contributed by atoms with E-state index in [2.05, 4.69) is 0 Å². The average Bonchev–Trinajstić information content (AvgIpc) is 3.24. The standard InChI is InChI=1S/C16H19NO4/c18-15(19)14-8-13(12-6-7-12)9-17(14)16(20)21-10-11-4-2-1-3-5-11/h1-5,12-14H,6-10H2,(H,18,19). The highest BCUT2D eigenvalue weighted by Gasteiger charge is 2.45. The first-order chi connectivity index (χ1) is 10.1. The van der Waals surface area contributed by atoms with Gasteiger partial charge >= 0.3 is 12.1 Å². The van der Waals surface area contributed by atoms with Gasteiger partial charge in [0, 0.05) is 6.54 Å². The summed E-state index contributed by atoms with van der Waals surface area (Å²) in [4.78, 5) is 24.9. The second-order valence-corrected chi connectivity index (χ2v) is 5.88. The zero-order valence-electron chi connectivity index (χ0n) is 11.8. The summed E-state index contributed by atoms with van der Waals surface area (Å²) < 4.78 is 5.26. The van der Waals surface area contributed by atoms with Crippen molar-refractivity contribution in [3.63, 3.8) is 0 Å². The van der Waals surface area contributed by atoms with Crippen LogP contribution in [0.4, 0.5) is 4.79 Å². The molecular weight excluding hydrogens is 270 g/mol. The SMILES string of the molecule is O=C(O)C1CC(C2CC2)CN1C(=O)OCc1ccccc1. The van der Waals surface area contributed by atoms with E-state index in [9.17, 15) is 14.7 Å². The molecule has 0 aromatic heterocycles. The number of nitrogens with zero attached hydrogens (tertiary/aromatic N) is 1. The summed E-state index contributed by atoms with van der Waals surface area (Å²) in [6.07, 6.45) is 2.35. The number of hydrogen-bond donors (Lipinski definition) is 1. The first-order valence-corrected chi connectivity index (χ1v) is 7.35. The zero-order chi connectivity index (χ0) is 14.8. The maximum atomic E-state index is 12.2. The minimum absolute atomic E-state index is 0.177. The molecule has 1 aromatic carbocycles. The highest BCUT2D eigenvalue weighted by atomic mass is 16.6. The van der Waals surface area contributed by atoms with Crippen molar-refractivity contribution in [2.75, 3.05) is 6.54 Å². The van der Waals surface area contributed by atoms with E-state index in [1.165, 1.54) is 4.90 Å². The molecule has 21 heavy (non-hydrogen) atoms. The molecule has 2 fully saturated rings. The Kier molecular flexibility index (Phi) is 3.82. The van der Waals surface area contributed by atoms with E-state index in [1.54, 1.807) is 0 Å². The number of carbonyl (C=O) groups excluding carboxylic acids is 1.